The minimum atomic E-state index is -1.15. The third-order valence-electron chi connectivity index (χ3n) is 7.42. The molecule has 2 heterocycles. The molecule has 1 aromatic heterocycles. The summed E-state index contributed by atoms with van der Waals surface area (Å²) in [6, 6.07) is 14.3. The predicted octanol–water partition coefficient (Wildman–Crippen LogP) is 7.38. The van der Waals surface area contributed by atoms with Crippen molar-refractivity contribution < 1.29 is 23.8 Å². The van der Waals surface area contributed by atoms with Gasteiger partial charge in [-0.2, -0.15) is 0 Å². The number of ether oxygens (including phenoxy) is 2. The van der Waals surface area contributed by atoms with E-state index in [2.05, 4.69) is 23.7 Å². The Labute approximate surface area is 237 Å². The normalized spacial score (nSPS) is 16.0. The fraction of sp³-hybridized carbons (Fsp3) is 0.455. The number of hydrogen-bond donors (Lipinski definition) is 1. The van der Waals surface area contributed by atoms with Gasteiger partial charge >= 0.3 is 5.97 Å². The van der Waals surface area contributed by atoms with Crippen LogP contribution in [0.3, 0.4) is 0 Å². The molecule has 1 atom stereocenters. The fourth-order valence-corrected chi connectivity index (χ4v) is 5.06. The summed E-state index contributed by atoms with van der Waals surface area (Å²) >= 11 is 0. The summed E-state index contributed by atoms with van der Waals surface area (Å²) in [5.74, 6) is -0.548. The van der Waals surface area contributed by atoms with E-state index >= 15 is 0 Å². The predicted molar refractivity (Wildman–Crippen MR) is 156 cm³/mol. The van der Waals surface area contributed by atoms with Crippen LogP contribution in [0.5, 0.6) is 5.75 Å². The minimum Gasteiger partial charge on any atom is -0.493 e. The fourth-order valence-electron chi connectivity index (χ4n) is 5.06. The first-order valence-electron chi connectivity index (χ1n) is 14.0. The third-order valence-corrected chi connectivity index (χ3v) is 7.42. The largest absolute Gasteiger partial charge is 0.493 e. The molecular weight excluding hydrogens is 507 g/mol. The average Bonchev–Trinajstić information content (AvgIpc) is 2.88. The Bertz CT molecular complexity index is 1300. The zero-order chi connectivity index (χ0) is 29.1. The molecule has 214 valence electrons. The molecular formula is C33H41FN2O4. The lowest BCUT2D eigenvalue weighted by molar-refractivity contribution is -0.160. The van der Waals surface area contributed by atoms with Gasteiger partial charge in [0.25, 0.3) is 0 Å². The molecule has 0 aliphatic carbocycles. The summed E-state index contributed by atoms with van der Waals surface area (Å²) in [4.78, 5) is 19.5. The van der Waals surface area contributed by atoms with Crippen molar-refractivity contribution in [2.75, 3.05) is 24.6 Å². The Kier molecular flexibility index (Phi) is 8.83. The van der Waals surface area contributed by atoms with Crippen LogP contribution < -0.4 is 9.64 Å². The SMILES string of the molecule is Cc1ncc(-c2ccc(OCCc3ccc(F)cc3)cc2)c(N2CCC(C)(C)CC2)c1[C@H](OC(C)(C)C)C(=O)O. The molecule has 40 heavy (non-hydrogen) atoms. The molecule has 1 aliphatic rings. The first-order chi connectivity index (χ1) is 18.8. The molecule has 0 radical (unpaired) electrons. The van der Waals surface area contributed by atoms with Gasteiger partial charge in [-0.15, -0.1) is 0 Å². The van der Waals surface area contributed by atoms with Gasteiger partial charge in [-0.1, -0.05) is 38.1 Å². The van der Waals surface area contributed by atoms with E-state index in [1.807, 2.05) is 58.2 Å². The first kappa shape index (κ1) is 29.5. The molecule has 6 nitrogen and oxygen atoms in total. The number of piperidine rings is 1. The van der Waals surface area contributed by atoms with E-state index in [9.17, 15) is 14.3 Å². The van der Waals surface area contributed by atoms with Crippen molar-refractivity contribution in [3.63, 3.8) is 0 Å². The van der Waals surface area contributed by atoms with Crippen LogP contribution >= 0.6 is 0 Å². The number of benzene rings is 2. The lowest BCUT2D eigenvalue weighted by Gasteiger charge is -2.41. The number of carboxylic acids is 1. The topological polar surface area (TPSA) is 71.9 Å². The zero-order valence-electron chi connectivity index (χ0n) is 24.5. The van der Waals surface area contributed by atoms with Crippen molar-refractivity contribution in [2.45, 2.75) is 72.5 Å². The van der Waals surface area contributed by atoms with Crippen LogP contribution in [-0.4, -0.2) is 41.4 Å². The van der Waals surface area contributed by atoms with E-state index in [1.165, 1.54) is 12.1 Å². The molecule has 1 N–H and O–H groups in total. The lowest BCUT2D eigenvalue weighted by Crippen LogP contribution is -2.39. The van der Waals surface area contributed by atoms with E-state index in [-0.39, 0.29) is 11.2 Å². The molecule has 0 amide bonds. The number of halogens is 1. The van der Waals surface area contributed by atoms with Crippen LogP contribution in [0.1, 0.15) is 70.4 Å². The number of aliphatic carboxylic acids is 1. The summed E-state index contributed by atoms with van der Waals surface area (Å²) < 4.78 is 25.2. The number of carbonyl (C=O) groups is 1. The van der Waals surface area contributed by atoms with Crippen LogP contribution in [0.25, 0.3) is 11.1 Å². The van der Waals surface area contributed by atoms with E-state index < -0.39 is 17.7 Å². The van der Waals surface area contributed by atoms with Gasteiger partial charge in [0.05, 0.1) is 17.9 Å². The summed E-state index contributed by atoms with van der Waals surface area (Å²) in [6.45, 7) is 14.1. The smallest absolute Gasteiger partial charge is 0.337 e. The quantitative estimate of drug-likeness (QED) is 0.301. The van der Waals surface area contributed by atoms with Crippen molar-refractivity contribution in [1.82, 2.24) is 4.98 Å². The van der Waals surface area contributed by atoms with Crippen molar-refractivity contribution >= 4 is 11.7 Å². The molecule has 2 aromatic carbocycles. The first-order valence-corrected chi connectivity index (χ1v) is 14.0. The number of anilines is 1. The maximum Gasteiger partial charge on any atom is 0.337 e. The molecule has 1 saturated heterocycles. The molecule has 0 bridgehead atoms. The second-order valence-electron chi connectivity index (χ2n) is 12.4. The maximum absolute atomic E-state index is 13.2. The maximum atomic E-state index is 13.2. The van der Waals surface area contributed by atoms with Crippen LogP contribution in [0.2, 0.25) is 0 Å². The Morgan fingerprint density at radius 1 is 1.07 bits per heavy atom. The Hall–Kier alpha value is -3.45. The van der Waals surface area contributed by atoms with Crippen LogP contribution in [0.15, 0.2) is 54.7 Å². The van der Waals surface area contributed by atoms with E-state index in [0.717, 1.165) is 54.1 Å². The molecule has 3 aromatic rings. The third kappa shape index (κ3) is 7.39. The highest BCUT2D eigenvalue weighted by atomic mass is 19.1. The number of pyridine rings is 1. The van der Waals surface area contributed by atoms with Gasteiger partial charge in [0, 0.05) is 42.5 Å². The second-order valence-corrected chi connectivity index (χ2v) is 12.4. The number of aromatic nitrogens is 1. The van der Waals surface area contributed by atoms with Crippen LogP contribution in [0, 0.1) is 18.2 Å². The highest BCUT2D eigenvalue weighted by Crippen LogP contribution is 2.43. The van der Waals surface area contributed by atoms with Crippen molar-refractivity contribution in [1.29, 1.82) is 0 Å². The Morgan fingerprint density at radius 2 is 1.70 bits per heavy atom. The minimum absolute atomic E-state index is 0.236. The highest BCUT2D eigenvalue weighted by Gasteiger charge is 2.35. The second kappa shape index (κ2) is 12.0. The lowest BCUT2D eigenvalue weighted by atomic mass is 9.82. The van der Waals surface area contributed by atoms with E-state index in [1.54, 1.807) is 12.1 Å². The van der Waals surface area contributed by atoms with Crippen molar-refractivity contribution in [3.05, 3.63) is 77.4 Å². The number of nitrogens with zero attached hydrogens (tertiary/aromatic N) is 2. The summed E-state index contributed by atoms with van der Waals surface area (Å²) in [6.07, 6.45) is 3.38. The van der Waals surface area contributed by atoms with Gasteiger partial charge < -0.3 is 19.5 Å². The Morgan fingerprint density at radius 3 is 2.27 bits per heavy atom. The molecule has 4 rings (SSSR count). The molecule has 0 saturated carbocycles. The molecule has 7 heteroatoms. The van der Waals surface area contributed by atoms with Gasteiger partial charge in [0.1, 0.15) is 11.6 Å². The summed E-state index contributed by atoms with van der Waals surface area (Å²) in [7, 11) is 0. The zero-order valence-corrected chi connectivity index (χ0v) is 24.5. The van der Waals surface area contributed by atoms with Crippen LogP contribution in [0.4, 0.5) is 10.1 Å². The van der Waals surface area contributed by atoms with Gasteiger partial charge in [-0.05, 0) is 81.3 Å². The summed E-state index contributed by atoms with van der Waals surface area (Å²) in [5.41, 5.74) is 4.54. The van der Waals surface area contributed by atoms with Crippen molar-refractivity contribution in [3.8, 4) is 16.9 Å². The van der Waals surface area contributed by atoms with Gasteiger partial charge in [0.15, 0.2) is 6.10 Å². The average molecular weight is 549 g/mol. The van der Waals surface area contributed by atoms with Gasteiger partial charge in [-0.3, -0.25) is 4.98 Å². The highest BCUT2D eigenvalue weighted by molar-refractivity contribution is 5.86. The number of rotatable bonds is 9. The van der Waals surface area contributed by atoms with E-state index in [0.29, 0.717) is 24.3 Å². The molecule has 0 spiro atoms. The Balaban J connectivity index is 1.67. The molecule has 0 unspecified atom stereocenters. The molecule has 1 aliphatic heterocycles. The van der Waals surface area contributed by atoms with Gasteiger partial charge in [0.2, 0.25) is 0 Å². The standard InChI is InChI=1S/C33H41FN2O4/c1-22-28(30(31(37)38)40-32(2,3)4)29(36-18-16-33(5,6)17-19-36)27(21-35-22)24-9-13-26(14-10-24)39-20-15-23-7-11-25(34)12-8-23/h7-14,21,30H,15-20H2,1-6H3,(H,37,38)/t30-/m0/s1. The van der Waals surface area contributed by atoms with Gasteiger partial charge in [-0.25, -0.2) is 9.18 Å². The van der Waals surface area contributed by atoms with E-state index in [4.69, 9.17) is 9.47 Å². The molecule has 1 fully saturated rings. The number of carboxylic acid groups (broad SMARTS) is 1. The van der Waals surface area contributed by atoms with Crippen molar-refractivity contribution in [2.24, 2.45) is 5.41 Å². The monoisotopic (exact) mass is 548 g/mol. The van der Waals surface area contributed by atoms with Crippen LogP contribution in [-0.2, 0) is 16.0 Å². The summed E-state index contributed by atoms with van der Waals surface area (Å²) in [5, 5.41) is 10.3. The number of hydrogen-bond acceptors (Lipinski definition) is 5. The number of aryl methyl sites for hydroxylation is 1.